The van der Waals surface area contributed by atoms with E-state index in [1.165, 1.54) is 11.8 Å². The minimum absolute atomic E-state index is 0.0706. The molecular formula is C40H37N3O4S. The van der Waals surface area contributed by atoms with Gasteiger partial charge in [0.2, 0.25) is 5.91 Å². The lowest BCUT2D eigenvalue weighted by molar-refractivity contribution is -0.116. The number of thioether (sulfide) groups is 1. The van der Waals surface area contributed by atoms with E-state index in [9.17, 15) is 14.4 Å². The molecule has 3 amide bonds. The van der Waals surface area contributed by atoms with Crippen molar-refractivity contribution < 1.29 is 19.1 Å². The largest absolute Gasteiger partial charge is 0.494 e. The van der Waals surface area contributed by atoms with Crippen LogP contribution in [0.15, 0.2) is 138 Å². The summed E-state index contributed by atoms with van der Waals surface area (Å²) in [5.74, 6) is -0.349. The van der Waals surface area contributed by atoms with Crippen molar-refractivity contribution in [2.24, 2.45) is 0 Å². The number of anilines is 2. The SMILES string of the molecule is CCOc1ccc(/C=C(/NC(=O)c2ccccc2)C(=O)Nc2cccc(SC(C(=O)Nc3c(C)cccc3C)c3ccccc3)c2)cc1. The molecule has 0 saturated heterocycles. The summed E-state index contributed by atoms with van der Waals surface area (Å²) in [4.78, 5) is 41.3. The molecule has 0 aliphatic rings. The van der Waals surface area contributed by atoms with Crippen molar-refractivity contribution in [1.82, 2.24) is 5.32 Å². The van der Waals surface area contributed by atoms with Gasteiger partial charge in [-0.25, -0.2) is 0 Å². The molecule has 0 radical (unpaired) electrons. The molecule has 48 heavy (non-hydrogen) atoms. The van der Waals surface area contributed by atoms with Crippen LogP contribution < -0.4 is 20.7 Å². The molecule has 0 aliphatic heterocycles. The van der Waals surface area contributed by atoms with E-state index in [-0.39, 0.29) is 11.6 Å². The number of amides is 3. The van der Waals surface area contributed by atoms with E-state index in [0.29, 0.717) is 29.2 Å². The van der Waals surface area contributed by atoms with E-state index in [1.807, 2.05) is 118 Å². The summed E-state index contributed by atoms with van der Waals surface area (Å²) in [5, 5.41) is 8.29. The molecule has 7 nitrogen and oxygen atoms in total. The second-order valence-corrected chi connectivity index (χ2v) is 12.2. The van der Waals surface area contributed by atoms with Gasteiger partial charge < -0.3 is 20.7 Å². The smallest absolute Gasteiger partial charge is 0.272 e. The van der Waals surface area contributed by atoms with E-state index in [0.717, 1.165) is 27.3 Å². The average molecular weight is 656 g/mol. The Morgan fingerprint density at radius 2 is 1.40 bits per heavy atom. The first-order chi connectivity index (χ1) is 23.3. The number of ether oxygens (including phenoxy) is 1. The van der Waals surface area contributed by atoms with Crippen LogP contribution in [-0.2, 0) is 9.59 Å². The van der Waals surface area contributed by atoms with Crippen molar-refractivity contribution in [3.63, 3.8) is 0 Å². The van der Waals surface area contributed by atoms with Crippen molar-refractivity contribution >= 4 is 46.9 Å². The Labute approximate surface area is 285 Å². The number of rotatable bonds is 12. The van der Waals surface area contributed by atoms with Gasteiger partial charge >= 0.3 is 0 Å². The second kappa shape index (κ2) is 16.3. The molecular weight excluding hydrogens is 619 g/mol. The van der Waals surface area contributed by atoms with Crippen molar-refractivity contribution in [3.8, 4) is 5.75 Å². The van der Waals surface area contributed by atoms with Crippen LogP contribution in [-0.4, -0.2) is 24.3 Å². The molecule has 5 aromatic carbocycles. The van der Waals surface area contributed by atoms with Gasteiger partial charge in [0.1, 0.15) is 16.7 Å². The Morgan fingerprint density at radius 1 is 0.750 bits per heavy atom. The first-order valence-electron chi connectivity index (χ1n) is 15.6. The minimum atomic E-state index is -0.559. The highest BCUT2D eigenvalue weighted by Crippen LogP contribution is 2.38. The normalized spacial score (nSPS) is 11.7. The van der Waals surface area contributed by atoms with Crippen molar-refractivity contribution in [3.05, 3.63) is 161 Å². The van der Waals surface area contributed by atoms with Crippen LogP contribution in [0.3, 0.4) is 0 Å². The minimum Gasteiger partial charge on any atom is -0.494 e. The van der Waals surface area contributed by atoms with Gasteiger partial charge in [-0.2, -0.15) is 0 Å². The van der Waals surface area contributed by atoms with Gasteiger partial charge in [-0.05, 0) is 91.6 Å². The number of benzene rings is 5. The van der Waals surface area contributed by atoms with E-state index in [1.54, 1.807) is 36.4 Å². The molecule has 0 fully saturated rings. The first-order valence-corrected chi connectivity index (χ1v) is 16.5. The predicted molar refractivity (Wildman–Crippen MR) is 194 cm³/mol. The number of aryl methyl sites for hydroxylation is 2. The van der Waals surface area contributed by atoms with Crippen LogP contribution in [0, 0.1) is 13.8 Å². The summed E-state index contributed by atoms with van der Waals surface area (Å²) in [6.45, 7) is 6.39. The van der Waals surface area contributed by atoms with Gasteiger partial charge in [-0.1, -0.05) is 84.9 Å². The number of carbonyl (C=O) groups is 3. The van der Waals surface area contributed by atoms with Crippen LogP contribution in [0.2, 0.25) is 0 Å². The number of hydrogen-bond acceptors (Lipinski definition) is 5. The van der Waals surface area contributed by atoms with Gasteiger partial charge in [-0.15, -0.1) is 11.8 Å². The van der Waals surface area contributed by atoms with Crippen LogP contribution >= 0.6 is 11.8 Å². The quantitative estimate of drug-likeness (QED) is 0.0924. The van der Waals surface area contributed by atoms with Crippen molar-refractivity contribution in [2.75, 3.05) is 17.2 Å². The van der Waals surface area contributed by atoms with E-state index < -0.39 is 17.1 Å². The van der Waals surface area contributed by atoms with Crippen LogP contribution in [0.4, 0.5) is 11.4 Å². The summed E-state index contributed by atoms with van der Waals surface area (Å²) in [6.07, 6.45) is 1.62. The molecule has 0 aliphatic carbocycles. The van der Waals surface area contributed by atoms with Crippen LogP contribution in [0.5, 0.6) is 5.75 Å². The average Bonchev–Trinajstić information content (AvgIpc) is 3.10. The molecule has 1 atom stereocenters. The summed E-state index contributed by atoms with van der Waals surface area (Å²) in [6, 6.07) is 38.8. The van der Waals surface area contributed by atoms with E-state index >= 15 is 0 Å². The second-order valence-electron chi connectivity index (χ2n) is 11.0. The maximum absolute atomic E-state index is 13.8. The molecule has 0 heterocycles. The number of hydrogen-bond donors (Lipinski definition) is 3. The molecule has 3 N–H and O–H groups in total. The third kappa shape index (κ3) is 9.02. The fraction of sp³-hybridized carbons (Fsp3) is 0.125. The van der Waals surface area contributed by atoms with E-state index in [4.69, 9.17) is 4.74 Å². The third-order valence-corrected chi connectivity index (χ3v) is 8.69. The monoisotopic (exact) mass is 655 g/mol. The van der Waals surface area contributed by atoms with Gasteiger partial charge in [0, 0.05) is 21.8 Å². The third-order valence-electron chi connectivity index (χ3n) is 7.45. The Morgan fingerprint density at radius 3 is 2.06 bits per heavy atom. The standard InChI is InChI=1S/C40H37N3O4S/c1-4-47-33-23-21-29(22-24-33)25-35(42-38(44)31-17-9-6-10-18-31)39(45)41-32-19-12-20-34(26-32)48-37(30-15-7-5-8-16-30)40(46)43-36-27(2)13-11-14-28(36)3/h5-26,37H,4H2,1-3H3,(H,41,45)(H,42,44)(H,43,46)/b35-25+. The Balaban J connectivity index is 1.38. The maximum atomic E-state index is 13.8. The van der Waals surface area contributed by atoms with Gasteiger partial charge in [-0.3, -0.25) is 14.4 Å². The molecule has 5 rings (SSSR count). The maximum Gasteiger partial charge on any atom is 0.272 e. The summed E-state index contributed by atoms with van der Waals surface area (Å²) in [7, 11) is 0. The molecule has 8 heteroatoms. The highest BCUT2D eigenvalue weighted by atomic mass is 32.2. The lowest BCUT2D eigenvalue weighted by Gasteiger charge is -2.19. The molecule has 5 aromatic rings. The number of para-hydroxylation sites is 1. The lowest BCUT2D eigenvalue weighted by Crippen LogP contribution is -2.30. The van der Waals surface area contributed by atoms with E-state index in [2.05, 4.69) is 16.0 Å². The summed E-state index contributed by atoms with van der Waals surface area (Å²) in [5.41, 5.74) is 5.34. The zero-order chi connectivity index (χ0) is 33.9. The molecule has 0 saturated carbocycles. The number of nitrogens with one attached hydrogen (secondary N) is 3. The van der Waals surface area contributed by atoms with Crippen molar-refractivity contribution in [1.29, 1.82) is 0 Å². The molecule has 0 spiro atoms. The van der Waals surface area contributed by atoms with Gasteiger partial charge in [0.15, 0.2) is 0 Å². The lowest BCUT2D eigenvalue weighted by atomic mass is 10.1. The highest BCUT2D eigenvalue weighted by molar-refractivity contribution is 8.00. The highest BCUT2D eigenvalue weighted by Gasteiger charge is 2.24. The molecule has 1 unspecified atom stereocenters. The Bertz CT molecular complexity index is 1890. The summed E-state index contributed by atoms with van der Waals surface area (Å²) < 4.78 is 5.54. The van der Waals surface area contributed by atoms with Crippen LogP contribution in [0.25, 0.3) is 6.08 Å². The van der Waals surface area contributed by atoms with Crippen molar-refractivity contribution in [2.45, 2.75) is 30.9 Å². The van der Waals surface area contributed by atoms with Gasteiger partial charge in [0.25, 0.3) is 11.8 Å². The fourth-order valence-electron chi connectivity index (χ4n) is 5.02. The van der Waals surface area contributed by atoms with Crippen LogP contribution in [0.1, 0.15) is 44.8 Å². The number of carbonyl (C=O) groups excluding carboxylic acids is 3. The first kappa shape index (κ1) is 33.8. The molecule has 242 valence electrons. The fourth-order valence-corrected chi connectivity index (χ4v) is 6.10. The topological polar surface area (TPSA) is 96.5 Å². The Hall–Kier alpha value is -5.60. The zero-order valence-corrected chi connectivity index (χ0v) is 27.8. The Kier molecular flexibility index (Phi) is 11.5. The van der Waals surface area contributed by atoms with Gasteiger partial charge in [0.05, 0.1) is 6.61 Å². The molecule has 0 bridgehead atoms. The summed E-state index contributed by atoms with van der Waals surface area (Å²) >= 11 is 1.39. The molecule has 0 aromatic heterocycles. The predicted octanol–water partition coefficient (Wildman–Crippen LogP) is 8.58. The zero-order valence-electron chi connectivity index (χ0n) is 27.0.